The molecule has 0 radical (unpaired) electrons. The number of fused-ring (bicyclic) bond motifs is 1. The zero-order valence-electron chi connectivity index (χ0n) is 9.88. The minimum Gasteiger partial charge on any atom is -0.456 e. The van der Waals surface area contributed by atoms with Crippen molar-refractivity contribution >= 4 is 5.97 Å². The van der Waals surface area contributed by atoms with Gasteiger partial charge >= 0.3 is 5.97 Å². The van der Waals surface area contributed by atoms with Gasteiger partial charge in [0.15, 0.2) is 0 Å². The van der Waals surface area contributed by atoms with E-state index in [2.05, 4.69) is 29.3 Å². The summed E-state index contributed by atoms with van der Waals surface area (Å²) >= 11 is 0. The minimum absolute atomic E-state index is 0.364. The van der Waals surface area contributed by atoms with Crippen molar-refractivity contribution in [1.82, 2.24) is 5.32 Å². The maximum absolute atomic E-state index is 11.1. The molecule has 3 heteroatoms. The molecule has 0 aliphatic carbocycles. The first-order valence-electron chi connectivity index (χ1n) is 5.81. The number of rotatable bonds is 1. The Kier molecular flexibility index (Phi) is 3.79. The largest absolute Gasteiger partial charge is 0.456 e. The van der Waals surface area contributed by atoms with Crippen LogP contribution in [0.5, 0.6) is 0 Å². The molecule has 1 heterocycles. The van der Waals surface area contributed by atoms with E-state index < -0.39 is 5.97 Å². The van der Waals surface area contributed by atoms with E-state index in [1.54, 1.807) is 6.92 Å². The molecule has 0 saturated carbocycles. The first kappa shape index (κ1) is 11.7. The number of nitrogens with one attached hydrogen (secondary N) is 1. The van der Waals surface area contributed by atoms with Gasteiger partial charge in [0.1, 0.15) is 0 Å². The Bertz CT molecular complexity index is 483. The number of esters is 1. The van der Waals surface area contributed by atoms with Crippen LogP contribution in [-0.4, -0.2) is 19.1 Å². The Morgan fingerprint density at radius 2 is 2.35 bits per heavy atom. The van der Waals surface area contributed by atoms with Crippen LogP contribution in [0.25, 0.3) is 0 Å². The van der Waals surface area contributed by atoms with Crippen LogP contribution in [-0.2, 0) is 22.5 Å². The number of hydrogen-bond acceptors (Lipinski definition) is 3. The zero-order chi connectivity index (χ0) is 12.1. The number of carbonyl (C=O) groups excluding carboxylic acids is 1. The van der Waals surface area contributed by atoms with Crippen molar-refractivity contribution in [3.05, 3.63) is 34.9 Å². The molecule has 0 spiro atoms. The highest BCUT2D eigenvalue weighted by Gasteiger charge is 2.07. The van der Waals surface area contributed by atoms with Crippen LogP contribution in [0.3, 0.4) is 0 Å². The lowest BCUT2D eigenvalue weighted by molar-refractivity contribution is -0.136. The van der Waals surface area contributed by atoms with Crippen molar-refractivity contribution in [2.24, 2.45) is 0 Å². The van der Waals surface area contributed by atoms with Crippen LogP contribution in [0.2, 0.25) is 0 Å². The summed E-state index contributed by atoms with van der Waals surface area (Å²) in [6.07, 6.45) is 1.02. The van der Waals surface area contributed by atoms with Crippen LogP contribution in [0.1, 0.15) is 23.6 Å². The third-order valence-corrected chi connectivity index (χ3v) is 2.68. The summed E-state index contributed by atoms with van der Waals surface area (Å²) in [6, 6.07) is 6.07. The topological polar surface area (TPSA) is 38.3 Å². The van der Waals surface area contributed by atoms with Crippen molar-refractivity contribution in [2.45, 2.75) is 19.9 Å². The number of ether oxygens (including phenoxy) is 1. The van der Waals surface area contributed by atoms with Gasteiger partial charge in [-0.3, -0.25) is 0 Å². The molecule has 88 valence electrons. The van der Waals surface area contributed by atoms with Gasteiger partial charge < -0.3 is 10.1 Å². The second-order valence-electron chi connectivity index (χ2n) is 3.88. The second-order valence-corrected chi connectivity index (χ2v) is 3.88. The summed E-state index contributed by atoms with van der Waals surface area (Å²) in [7, 11) is 0. The van der Waals surface area contributed by atoms with Crippen molar-refractivity contribution < 1.29 is 9.53 Å². The van der Waals surface area contributed by atoms with Crippen LogP contribution >= 0.6 is 0 Å². The summed E-state index contributed by atoms with van der Waals surface area (Å²) in [5.74, 6) is 4.85. The van der Waals surface area contributed by atoms with Crippen LogP contribution in [0.15, 0.2) is 18.2 Å². The molecule has 1 aromatic rings. The quantitative estimate of drug-likeness (QED) is 0.582. The van der Waals surface area contributed by atoms with E-state index in [-0.39, 0.29) is 0 Å². The first-order chi connectivity index (χ1) is 8.29. The summed E-state index contributed by atoms with van der Waals surface area (Å²) in [5.41, 5.74) is 3.51. The fourth-order valence-corrected chi connectivity index (χ4v) is 1.85. The molecule has 0 aromatic heterocycles. The van der Waals surface area contributed by atoms with Gasteiger partial charge in [0.25, 0.3) is 0 Å². The summed E-state index contributed by atoms with van der Waals surface area (Å²) in [5, 5.41) is 3.32. The lowest BCUT2D eigenvalue weighted by Crippen LogP contribution is -2.23. The molecule has 1 aromatic carbocycles. The standard InChI is InChI=1S/C14H15NO2/c1-2-17-14(16)6-4-11-3-5-13-10-15-8-7-12(13)9-11/h3,5,9,15H,2,7-8,10H2,1H3. The van der Waals surface area contributed by atoms with Crippen molar-refractivity contribution in [1.29, 1.82) is 0 Å². The van der Waals surface area contributed by atoms with Crippen LogP contribution in [0.4, 0.5) is 0 Å². The van der Waals surface area contributed by atoms with Gasteiger partial charge in [0, 0.05) is 18.0 Å². The Hall–Kier alpha value is -1.79. The third kappa shape index (κ3) is 3.08. The lowest BCUT2D eigenvalue weighted by atomic mass is 9.99. The molecular formula is C14H15NO2. The van der Waals surface area contributed by atoms with Gasteiger partial charge in [-0.2, -0.15) is 0 Å². The molecule has 1 aliphatic heterocycles. The van der Waals surface area contributed by atoms with Gasteiger partial charge in [-0.15, -0.1) is 0 Å². The second kappa shape index (κ2) is 5.51. The fraction of sp³-hybridized carbons (Fsp3) is 0.357. The Balaban J connectivity index is 2.14. The van der Waals surface area contributed by atoms with Gasteiger partial charge in [-0.05, 0) is 43.1 Å². The first-order valence-corrected chi connectivity index (χ1v) is 5.81. The van der Waals surface area contributed by atoms with Crippen molar-refractivity contribution in [3.8, 4) is 11.8 Å². The molecule has 0 saturated heterocycles. The van der Waals surface area contributed by atoms with E-state index in [1.165, 1.54) is 11.1 Å². The predicted octanol–water partition coefficient (Wildman–Crippen LogP) is 1.25. The molecule has 0 amide bonds. The molecule has 0 atom stereocenters. The van der Waals surface area contributed by atoms with Gasteiger partial charge in [0.2, 0.25) is 0 Å². The van der Waals surface area contributed by atoms with E-state index in [4.69, 9.17) is 4.74 Å². The van der Waals surface area contributed by atoms with E-state index in [0.717, 1.165) is 25.1 Å². The van der Waals surface area contributed by atoms with Gasteiger partial charge in [-0.1, -0.05) is 12.0 Å². The van der Waals surface area contributed by atoms with E-state index >= 15 is 0 Å². The summed E-state index contributed by atoms with van der Waals surface area (Å²) in [6.45, 7) is 4.05. The number of hydrogen-bond donors (Lipinski definition) is 1. The summed E-state index contributed by atoms with van der Waals surface area (Å²) < 4.78 is 4.75. The highest BCUT2D eigenvalue weighted by molar-refractivity contribution is 5.89. The predicted molar refractivity (Wildman–Crippen MR) is 65.4 cm³/mol. The highest BCUT2D eigenvalue weighted by atomic mass is 16.5. The smallest absolute Gasteiger partial charge is 0.384 e. The molecule has 0 bridgehead atoms. The average Bonchev–Trinajstić information content (AvgIpc) is 2.36. The van der Waals surface area contributed by atoms with Crippen molar-refractivity contribution in [3.63, 3.8) is 0 Å². The molecule has 2 rings (SSSR count). The lowest BCUT2D eigenvalue weighted by Gasteiger charge is -2.16. The van der Waals surface area contributed by atoms with E-state index in [1.807, 2.05) is 6.07 Å². The number of benzene rings is 1. The van der Waals surface area contributed by atoms with E-state index in [0.29, 0.717) is 6.61 Å². The third-order valence-electron chi connectivity index (χ3n) is 2.68. The maximum Gasteiger partial charge on any atom is 0.384 e. The van der Waals surface area contributed by atoms with Crippen LogP contribution in [0, 0.1) is 11.8 Å². The van der Waals surface area contributed by atoms with E-state index in [9.17, 15) is 4.79 Å². The molecule has 17 heavy (non-hydrogen) atoms. The fourth-order valence-electron chi connectivity index (χ4n) is 1.85. The van der Waals surface area contributed by atoms with Gasteiger partial charge in [-0.25, -0.2) is 4.79 Å². The number of carbonyl (C=O) groups is 1. The molecule has 3 nitrogen and oxygen atoms in total. The zero-order valence-corrected chi connectivity index (χ0v) is 9.88. The molecule has 0 fully saturated rings. The Morgan fingerprint density at radius 1 is 1.47 bits per heavy atom. The van der Waals surface area contributed by atoms with Gasteiger partial charge in [0.05, 0.1) is 6.61 Å². The maximum atomic E-state index is 11.1. The Morgan fingerprint density at radius 3 is 3.18 bits per heavy atom. The highest BCUT2D eigenvalue weighted by Crippen LogP contribution is 2.15. The molecular weight excluding hydrogens is 214 g/mol. The normalized spacial score (nSPS) is 13.2. The molecule has 0 unspecified atom stereocenters. The molecule has 1 aliphatic rings. The monoisotopic (exact) mass is 229 g/mol. The average molecular weight is 229 g/mol. The summed E-state index contributed by atoms with van der Waals surface area (Å²) in [4.78, 5) is 11.1. The molecule has 1 N–H and O–H groups in total. The van der Waals surface area contributed by atoms with Crippen molar-refractivity contribution in [2.75, 3.05) is 13.2 Å². The SMILES string of the molecule is CCOC(=O)C#Cc1ccc2c(c1)CCNC2. The Labute approximate surface area is 101 Å². The minimum atomic E-state index is -0.466. The van der Waals surface area contributed by atoms with Crippen LogP contribution < -0.4 is 5.32 Å².